The van der Waals surface area contributed by atoms with Gasteiger partial charge in [-0.15, -0.1) is 15.8 Å². The van der Waals surface area contributed by atoms with Crippen LogP contribution in [0.1, 0.15) is 81.6 Å². The maximum absolute atomic E-state index is 12.7. The molecule has 2 aromatic rings. The fourth-order valence-corrected chi connectivity index (χ4v) is 6.35. The summed E-state index contributed by atoms with van der Waals surface area (Å²) < 4.78 is 14.0. The SMILES string of the molecule is CCCCCCCCCCCCN(O)S(=O)c1ccc(CN(Cc2cccc(Cl)c2)C(=O)C(=O)O)s1. The molecule has 0 radical (unpaired) electrons. The lowest BCUT2D eigenvalue weighted by Crippen LogP contribution is -2.35. The van der Waals surface area contributed by atoms with Crippen molar-refractivity contribution < 1.29 is 24.1 Å². The first-order valence-electron chi connectivity index (χ1n) is 12.6. The molecule has 1 unspecified atom stereocenters. The van der Waals surface area contributed by atoms with E-state index in [-0.39, 0.29) is 13.1 Å². The van der Waals surface area contributed by atoms with Crippen LogP contribution in [0.4, 0.5) is 0 Å². The van der Waals surface area contributed by atoms with E-state index in [2.05, 4.69) is 6.92 Å². The second kappa shape index (κ2) is 16.9. The standard InChI is InChI=1S/C26H37ClN2O5S2/c1-2-3-4-5-6-7-8-9-10-11-17-29(33)36(34)24-16-15-23(35-24)20-28(25(30)26(31)32)19-21-13-12-14-22(27)18-21/h12-16,18,33H,2-11,17,19-20H2,1H3,(H,31,32). The lowest BCUT2D eigenvalue weighted by molar-refractivity contribution is -0.156. The number of amides is 1. The van der Waals surface area contributed by atoms with Crippen molar-refractivity contribution in [1.82, 2.24) is 9.37 Å². The van der Waals surface area contributed by atoms with Gasteiger partial charge in [0.25, 0.3) is 0 Å². The molecule has 0 saturated carbocycles. The van der Waals surface area contributed by atoms with E-state index in [0.29, 0.717) is 26.2 Å². The Kier molecular flexibility index (Phi) is 14.3. The predicted octanol–water partition coefficient (Wildman–Crippen LogP) is 6.65. The summed E-state index contributed by atoms with van der Waals surface area (Å²) in [5.41, 5.74) is 0.704. The quantitative estimate of drug-likeness (QED) is 0.129. The third kappa shape index (κ3) is 11.1. The Balaban J connectivity index is 1.81. The van der Waals surface area contributed by atoms with E-state index in [1.165, 1.54) is 61.2 Å². The first-order valence-corrected chi connectivity index (χ1v) is 14.9. The highest BCUT2D eigenvalue weighted by Gasteiger charge is 2.23. The van der Waals surface area contributed by atoms with Gasteiger partial charge in [-0.2, -0.15) is 0 Å². The van der Waals surface area contributed by atoms with Gasteiger partial charge < -0.3 is 15.2 Å². The molecule has 0 aliphatic heterocycles. The molecule has 1 amide bonds. The Hall–Kier alpha value is -1.78. The van der Waals surface area contributed by atoms with Crippen molar-refractivity contribution in [3.8, 4) is 0 Å². The predicted molar refractivity (Wildman–Crippen MR) is 144 cm³/mol. The Labute approximate surface area is 225 Å². The van der Waals surface area contributed by atoms with E-state index in [1.807, 2.05) is 0 Å². The van der Waals surface area contributed by atoms with Crippen molar-refractivity contribution in [2.75, 3.05) is 6.54 Å². The summed E-state index contributed by atoms with van der Waals surface area (Å²) >= 11 is 7.19. The summed E-state index contributed by atoms with van der Waals surface area (Å²) in [5, 5.41) is 20.0. The van der Waals surface area contributed by atoms with Gasteiger partial charge in [0.05, 0.1) is 6.54 Å². The molecule has 0 saturated heterocycles. The van der Waals surface area contributed by atoms with Crippen molar-refractivity contribution in [2.45, 2.75) is 88.4 Å². The third-order valence-corrected chi connectivity index (χ3v) is 8.61. The van der Waals surface area contributed by atoms with Gasteiger partial charge in [-0.25, -0.2) is 9.00 Å². The highest BCUT2D eigenvalue weighted by atomic mass is 35.5. The van der Waals surface area contributed by atoms with Crippen LogP contribution in [0.5, 0.6) is 0 Å². The number of nitrogens with zero attached hydrogens (tertiary/aromatic N) is 2. The van der Waals surface area contributed by atoms with Crippen LogP contribution >= 0.6 is 22.9 Å². The maximum atomic E-state index is 12.7. The summed E-state index contributed by atoms with van der Waals surface area (Å²) in [7, 11) is -1.73. The van der Waals surface area contributed by atoms with E-state index in [4.69, 9.17) is 11.6 Å². The Bertz CT molecular complexity index is 985. The van der Waals surface area contributed by atoms with Gasteiger partial charge in [-0.1, -0.05) is 88.4 Å². The summed E-state index contributed by atoms with van der Waals surface area (Å²) in [6.07, 6.45) is 11.8. The van der Waals surface area contributed by atoms with Crippen LogP contribution in [-0.4, -0.2) is 42.3 Å². The van der Waals surface area contributed by atoms with E-state index in [0.717, 1.165) is 23.7 Å². The van der Waals surface area contributed by atoms with Gasteiger partial charge in [0, 0.05) is 23.0 Å². The van der Waals surface area contributed by atoms with Crippen molar-refractivity contribution in [3.05, 3.63) is 51.9 Å². The summed E-state index contributed by atoms with van der Waals surface area (Å²) in [4.78, 5) is 25.4. The number of carbonyl (C=O) groups excluding carboxylic acids is 1. The molecule has 0 fully saturated rings. The smallest absolute Gasteiger partial charge is 0.394 e. The van der Waals surface area contributed by atoms with Crippen molar-refractivity contribution in [3.63, 3.8) is 0 Å². The zero-order valence-electron chi connectivity index (χ0n) is 20.9. The minimum atomic E-state index is -1.73. The lowest BCUT2D eigenvalue weighted by Gasteiger charge is -2.20. The average molecular weight is 557 g/mol. The van der Waals surface area contributed by atoms with Gasteiger partial charge >= 0.3 is 11.9 Å². The number of benzene rings is 1. The third-order valence-electron chi connectivity index (χ3n) is 5.78. The molecular formula is C26H37ClN2O5S2. The molecule has 0 aliphatic rings. The number of hydrogen-bond acceptors (Lipinski definition) is 5. The van der Waals surface area contributed by atoms with Crippen LogP contribution in [-0.2, 0) is 33.7 Å². The number of carbonyl (C=O) groups is 2. The highest BCUT2D eigenvalue weighted by molar-refractivity contribution is 7.84. The van der Waals surface area contributed by atoms with Crippen LogP contribution in [0.15, 0.2) is 40.6 Å². The summed E-state index contributed by atoms with van der Waals surface area (Å²) in [5.74, 6) is -2.58. The minimum Gasteiger partial charge on any atom is -0.474 e. The zero-order valence-corrected chi connectivity index (χ0v) is 23.3. The number of hydroxylamine groups is 1. The second-order valence-corrected chi connectivity index (χ2v) is 12.0. The molecule has 0 spiro atoms. The normalized spacial score (nSPS) is 12.1. The zero-order chi connectivity index (χ0) is 26.3. The molecule has 1 aromatic carbocycles. The average Bonchev–Trinajstić information content (AvgIpc) is 3.32. The van der Waals surface area contributed by atoms with Crippen molar-refractivity contribution in [2.24, 2.45) is 0 Å². The number of carboxylic acid groups (broad SMARTS) is 1. The molecule has 2 N–H and O–H groups in total. The van der Waals surface area contributed by atoms with Crippen molar-refractivity contribution in [1.29, 1.82) is 0 Å². The topological polar surface area (TPSA) is 98.2 Å². The molecule has 200 valence electrons. The molecule has 10 heteroatoms. The van der Waals surface area contributed by atoms with Crippen LogP contribution in [0.2, 0.25) is 5.02 Å². The molecule has 1 aromatic heterocycles. The Morgan fingerprint density at radius 3 is 2.19 bits per heavy atom. The van der Waals surface area contributed by atoms with Crippen LogP contribution in [0, 0.1) is 0 Å². The van der Waals surface area contributed by atoms with E-state index < -0.39 is 22.9 Å². The second-order valence-electron chi connectivity index (χ2n) is 8.82. The van der Waals surface area contributed by atoms with Crippen LogP contribution in [0.3, 0.4) is 0 Å². The fourth-order valence-electron chi connectivity index (χ4n) is 3.84. The summed E-state index contributed by atoms with van der Waals surface area (Å²) in [6.45, 7) is 2.65. The molecule has 2 rings (SSSR count). The highest BCUT2D eigenvalue weighted by Crippen LogP contribution is 2.24. The largest absolute Gasteiger partial charge is 0.474 e. The first kappa shape index (κ1) is 30.4. The maximum Gasteiger partial charge on any atom is 0.394 e. The van der Waals surface area contributed by atoms with Gasteiger partial charge in [-0.3, -0.25) is 4.79 Å². The van der Waals surface area contributed by atoms with Gasteiger partial charge in [0.15, 0.2) is 11.0 Å². The number of rotatable bonds is 17. The number of carboxylic acids is 1. The van der Waals surface area contributed by atoms with E-state index in [9.17, 15) is 24.1 Å². The molecule has 0 bridgehead atoms. The Morgan fingerprint density at radius 2 is 1.58 bits per heavy atom. The Morgan fingerprint density at radius 1 is 0.944 bits per heavy atom. The van der Waals surface area contributed by atoms with Gasteiger partial charge in [0.1, 0.15) is 4.21 Å². The number of unbranched alkanes of at least 4 members (excludes halogenated alkanes) is 9. The number of aliphatic carboxylic acids is 1. The molecule has 0 aliphatic carbocycles. The molecule has 36 heavy (non-hydrogen) atoms. The number of halogens is 1. The van der Waals surface area contributed by atoms with Crippen molar-refractivity contribution >= 4 is 45.8 Å². The monoisotopic (exact) mass is 556 g/mol. The molecular weight excluding hydrogens is 520 g/mol. The van der Waals surface area contributed by atoms with E-state index in [1.54, 1.807) is 36.4 Å². The number of hydrogen-bond donors (Lipinski definition) is 2. The van der Waals surface area contributed by atoms with Crippen LogP contribution in [0.25, 0.3) is 0 Å². The fraction of sp³-hybridized carbons (Fsp3) is 0.538. The molecule has 1 heterocycles. The minimum absolute atomic E-state index is 0.0450. The van der Waals surface area contributed by atoms with Gasteiger partial charge in [-0.05, 0) is 36.2 Å². The van der Waals surface area contributed by atoms with E-state index >= 15 is 0 Å². The number of thiophene rings is 1. The lowest BCUT2D eigenvalue weighted by atomic mass is 10.1. The molecule has 1 atom stereocenters. The first-order chi connectivity index (χ1) is 17.3. The summed E-state index contributed by atoms with van der Waals surface area (Å²) in [6, 6.07) is 10.2. The van der Waals surface area contributed by atoms with Gasteiger partial charge in [0.2, 0.25) is 0 Å². The molecule has 7 nitrogen and oxygen atoms in total. The van der Waals surface area contributed by atoms with Crippen LogP contribution < -0.4 is 0 Å².